The van der Waals surface area contributed by atoms with Crippen molar-refractivity contribution >= 4 is 11.9 Å². The van der Waals surface area contributed by atoms with Gasteiger partial charge in [0.05, 0.1) is 0 Å². The van der Waals surface area contributed by atoms with Crippen molar-refractivity contribution < 1.29 is 4.79 Å². The van der Waals surface area contributed by atoms with Crippen LogP contribution in [0.1, 0.15) is 53.7 Å². The molecule has 0 bridgehead atoms. The van der Waals surface area contributed by atoms with Crippen molar-refractivity contribution in [3.63, 3.8) is 0 Å². The second kappa shape index (κ2) is 7.03. The van der Waals surface area contributed by atoms with Crippen LogP contribution in [-0.4, -0.2) is 5.78 Å². The molecule has 0 radical (unpaired) electrons. The van der Waals surface area contributed by atoms with Crippen molar-refractivity contribution in [1.82, 2.24) is 0 Å². The van der Waals surface area contributed by atoms with Crippen LogP contribution in [0.3, 0.4) is 0 Å². The van der Waals surface area contributed by atoms with E-state index in [1.165, 1.54) is 11.1 Å². The Morgan fingerprint density at radius 2 is 1.62 bits per heavy atom. The Morgan fingerprint density at radius 1 is 1.00 bits per heavy atom. The summed E-state index contributed by atoms with van der Waals surface area (Å²) in [4.78, 5) is 12.1. The Labute approximate surface area is 127 Å². The van der Waals surface area contributed by atoms with E-state index in [0.29, 0.717) is 5.92 Å². The molecule has 0 aliphatic rings. The maximum Gasteiger partial charge on any atom is 0.185 e. The monoisotopic (exact) mass is 278 g/mol. The number of hydrogen-bond acceptors (Lipinski definition) is 1. The van der Waals surface area contributed by atoms with E-state index in [1.807, 2.05) is 30.3 Å². The van der Waals surface area contributed by atoms with Gasteiger partial charge in [-0.25, -0.2) is 0 Å². The van der Waals surface area contributed by atoms with Gasteiger partial charge in [0.2, 0.25) is 0 Å². The minimum atomic E-state index is 0.0468. The minimum Gasteiger partial charge on any atom is -0.289 e. The van der Waals surface area contributed by atoms with Gasteiger partial charge < -0.3 is 0 Å². The standard InChI is InChI=1S/C20H22O/c1-4-16-5-12-19(13-6-16)20(21)14-9-17-7-10-18(11-8-17)15(2)3/h5-15H,4H2,1-3H3. The van der Waals surface area contributed by atoms with Gasteiger partial charge in [-0.1, -0.05) is 75.4 Å². The molecular weight excluding hydrogens is 256 g/mol. The van der Waals surface area contributed by atoms with Gasteiger partial charge >= 0.3 is 0 Å². The van der Waals surface area contributed by atoms with Crippen LogP contribution in [0.25, 0.3) is 6.08 Å². The van der Waals surface area contributed by atoms with Crippen LogP contribution in [0.2, 0.25) is 0 Å². The van der Waals surface area contributed by atoms with Crippen LogP contribution in [0, 0.1) is 0 Å². The van der Waals surface area contributed by atoms with Crippen LogP contribution >= 0.6 is 0 Å². The first-order valence-corrected chi connectivity index (χ1v) is 7.51. The van der Waals surface area contributed by atoms with Gasteiger partial charge in [0, 0.05) is 5.56 Å². The van der Waals surface area contributed by atoms with Gasteiger partial charge in [-0.2, -0.15) is 0 Å². The van der Waals surface area contributed by atoms with Crippen molar-refractivity contribution in [2.45, 2.75) is 33.1 Å². The number of carbonyl (C=O) groups is 1. The summed E-state index contributed by atoms with van der Waals surface area (Å²) in [6, 6.07) is 16.2. The fourth-order valence-corrected chi connectivity index (χ4v) is 2.16. The number of allylic oxidation sites excluding steroid dienone is 1. The Morgan fingerprint density at radius 3 is 2.14 bits per heavy atom. The molecule has 0 aromatic heterocycles. The number of hydrogen-bond donors (Lipinski definition) is 0. The Balaban J connectivity index is 2.07. The topological polar surface area (TPSA) is 17.1 Å². The largest absolute Gasteiger partial charge is 0.289 e. The summed E-state index contributed by atoms with van der Waals surface area (Å²) < 4.78 is 0. The molecule has 2 rings (SSSR count). The number of rotatable bonds is 5. The Bertz CT molecular complexity index is 616. The maximum absolute atomic E-state index is 12.1. The molecular formula is C20H22O. The van der Waals surface area contributed by atoms with E-state index in [0.717, 1.165) is 17.5 Å². The second-order valence-electron chi connectivity index (χ2n) is 5.57. The van der Waals surface area contributed by atoms with E-state index in [4.69, 9.17) is 0 Å². The lowest BCUT2D eigenvalue weighted by molar-refractivity contribution is 0.104. The fraction of sp³-hybridized carbons (Fsp3) is 0.250. The third kappa shape index (κ3) is 4.16. The summed E-state index contributed by atoms with van der Waals surface area (Å²) in [6.07, 6.45) is 4.51. The van der Waals surface area contributed by atoms with Crippen LogP contribution < -0.4 is 0 Å². The van der Waals surface area contributed by atoms with Crippen molar-refractivity contribution in [3.8, 4) is 0 Å². The van der Waals surface area contributed by atoms with Gasteiger partial charge in [0.15, 0.2) is 5.78 Å². The average molecular weight is 278 g/mol. The van der Waals surface area contributed by atoms with Gasteiger partial charge in [-0.15, -0.1) is 0 Å². The summed E-state index contributed by atoms with van der Waals surface area (Å²) >= 11 is 0. The maximum atomic E-state index is 12.1. The highest BCUT2D eigenvalue weighted by atomic mass is 16.1. The van der Waals surface area contributed by atoms with Crippen LogP contribution in [-0.2, 0) is 6.42 Å². The van der Waals surface area contributed by atoms with Crippen LogP contribution in [0.5, 0.6) is 0 Å². The summed E-state index contributed by atoms with van der Waals surface area (Å²) in [5.74, 6) is 0.576. The number of aryl methyl sites for hydroxylation is 1. The van der Waals surface area contributed by atoms with Gasteiger partial charge in [-0.05, 0) is 35.1 Å². The first-order chi connectivity index (χ1) is 10.1. The molecule has 108 valence electrons. The van der Waals surface area contributed by atoms with Crippen molar-refractivity contribution in [2.75, 3.05) is 0 Å². The van der Waals surface area contributed by atoms with Gasteiger partial charge in [-0.3, -0.25) is 4.79 Å². The molecule has 0 aliphatic heterocycles. The molecule has 0 atom stereocenters. The number of ketones is 1. The van der Waals surface area contributed by atoms with Crippen LogP contribution in [0.4, 0.5) is 0 Å². The molecule has 2 aromatic carbocycles. The van der Waals surface area contributed by atoms with E-state index in [9.17, 15) is 4.79 Å². The smallest absolute Gasteiger partial charge is 0.185 e. The lowest BCUT2D eigenvalue weighted by atomic mass is 10.0. The molecule has 0 aliphatic carbocycles. The van der Waals surface area contributed by atoms with E-state index >= 15 is 0 Å². The van der Waals surface area contributed by atoms with Gasteiger partial charge in [0.1, 0.15) is 0 Å². The molecule has 0 saturated heterocycles. The molecule has 21 heavy (non-hydrogen) atoms. The molecule has 0 unspecified atom stereocenters. The fourth-order valence-electron chi connectivity index (χ4n) is 2.16. The lowest BCUT2D eigenvalue weighted by Gasteiger charge is -2.04. The Kier molecular flexibility index (Phi) is 5.10. The lowest BCUT2D eigenvalue weighted by Crippen LogP contribution is -1.94. The van der Waals surface area contributed by atoms with E-state index in [2.05, 4.69) is 45.0 Å². The molecule has 1 heteroatoms. The number of benzene rings is 2. The quantitative estimate of drug-likeness (QED) is 0.538. The molecule has 0 saturated carbocycles. The zero-order chi connectivity index (χ0) is 15.2. The molecule has 0 heterocycles. The molecule has 0 fully saturated rings. The van der Waals surface area contributed by atoms with Crippen molar-refractivity contribution in [3.05, 3.63) is 76.9 Å². The van der Waals surface area contributed by atoms with E-state index in [-0.39, 0.29) is 5.78 Å². The summed E-state index contributed by atoms with van der Waals surface area (Å²) in [6.45, 7) is 6.46. The number of carbonyl (C=O) groups excluding carboxylic acids is 1. The first-order valence-electron chi connectivity index (χ1n) is 7.51. The highest BCUT2D eigenvalue weighted by Gasteiger charge is 2.02. The normalized spacial score (nSPS) is 11.2. The summed E-state index contributed by atoms with van der Waals surface area (Å²) in [5, 5.41) is 0. The van der Waals surface area contributed by atoms with Crippen LogP contribution in [0.15, 0.2) is 54.6 Å². The predicted molar refractivity (Wildman–Crippen MR) is 89.7 cm³/mol. The molecule has 0 N–H and O–H groups in total. The predicted octanol–water partition coefficient (Wildman–Crippen LogP) is 5.27. The molecule has 0 amide bonds. The third-order valence-electron chi connectivity index (χ3n) is 3.68. The molecule has 2 aromatic rings. The highest BCUT2D eigenvalue weighted by Crippen LogP contribution is 2.15. The highest BCUT2D eigenvalue weighted by molar-refractivity contribution is 6.06. The Hall–Kier alpha value is -2.15. The van der Waals surface area contributed by atoms with Crippen molar-refractivity contribution in [2.24, 2.45) is 0 Å². The zero-order valence-corrected chi connectivity index (χ0v) is 13.0. The first kappa shape index (κ1) is 15.2. The minimum absolute atomic E-state index is 0.0468. The van der Waals surface area contributed by atoms with Gasteiger partial charge in [0.25, 0.3) is 0 Å². The average Bonchev–Trinajstić information content (AvgIpc) is 2.53. The third-order valence-corrected chi connectivity index (χ3v) is 3.68. The summed E-state index contributed by atoms with van der Waals surface area (Å²) in [5.41, 5.74) is 4.36. The van der Waals surface area contributed by atoms with E-state index < -0.39 is 0 Å². The second-order valence-corrected chi connectivity index (χ2v) is 5.57. The van der Waals surface area contributed by atoms with Crippen molar-refractivity contribution in [1.29, 1.82) is 0 Å². The summed E-state index contributed by atoms with van der Waals surface area (Å²) in [7, 11) is 0. The molecule has 0 spiro atoms. The zero-order valence-electron chi connectivity index (χ0n) is 13.0. The molecule has 1 nitrogen and oxygen atoms in total. The SMILES string of the molecule is CCc1ccc(C(=O)C=Cc2ccc(C(C)C)cc2)cc1. The van der Waals surface area contributed by atoms with E-state index in [1.54, 1.807) is 6.08 Å².